The molecule has 26 heavy (non-hydrogen) atoms. The number of benzene rings is 2. The molecule has 5 heteroatoms. The Hall–Kier alpha value is -1.64. The minimum atomic E-state index is -2.54. The summed E-state index contributed by atoms with van der Waals surface area (Å²) < 4.78 is 32.4. The van der Waals surface area contributed by atoms with Gasteiger partial charge in [0.1, 0.15) is 17.3 Å². The molecule has 0 radical (unpaired) electrons. The van der Waals surface area contributed by atoms with Crippen molar-refractivity contribution in [1.29, 1.82) is 0 Å². The lowest BCUT2D eigenvalue weighted by Gasteiger charge is -2.62. The second-order valence-corrected chi connectivity index (χ2v) is 12.0. The fraction of sp³-hybridized carbons (Fsp3) is 0.429. The van der Waals surface area contributed by atoms with Crippen molar-refractivity contribution in [1.82, 2.24) is 5.09 Å². The lowest BCUT2D eigenvalue weighted by molar-refractivity contribution is 0.262. The SMILES string of the molecule is CC1C(C)(C)P(=O)(NCc2cccc(Oc3ccc(F)cc3)c2)C1(C)C. The van der Waals surface area contributed by atoms with Gasteiger partial charge in [-0.3, -0.25) is 5.09 Å². The number of rotatable bonds is 5. The highest BCUT2D eigenvalue weighted by atomic mass is 31.2. The third-order valence-corrected chi connectivity index (χ3v) is 10.8. The number of ether oxygens (including phenoxy) is 1. The zero-order chi connectivity index (χ0) is 19.2. The fourth-order valence-electron chi connectivity index (χ4n) is 4.05. The predicted molar refractivity (Wildman–Crippen MR) is 105 cm³/mol. The molecule has 1 fully saturated rings. The van der Waals surface area contributed by atoms with Gasteiger partial charge < -0.3 is 9.30 Å². The molecule has 1 aliphatic heterocycles. The summed E-state index contributed by atoms with van der Waals surface area (Å²) in [5, 5.41) is 2.95. The van der Waals surface area contributed by atoms with E-state index in [2.05, 4.69) is 39.7 Å². The van der Waals surface area contributed by atoms with E-state index in [-0.39, 0.29) is 16.1 Å². The summed E-state index contributed by atoms with van der Waals surface area (Å²) in [7, 11) is -2.54. The van der Waals surface area contributed by atoms with Crippen LogP contribution in [0.3, 0.4) is 0 Å². The molecule has 0 unspecified atom stereocenters. The standard InChI is InChI=1S/C21H27FNO2P/c1-15-20(2,3)26(24,21(15,4)5)23-14-16-7-6-8-19(13-16)25-18-11-9-17(22)10-12-18/h6-13,15H,14H2,1-5H3,(H,23,24). The van der Waals surface area contributed by atoms with Crippen LogP contribution in [0.15, 0.2) is 48.5 Å². The van der Waals surface area contributed by atoms with Crippen LogP contribution in [0.1, 0.15) is 40.2 Å². The molecule has 0 bridgehead atoms. The Morgan fingerprint density at radius 3 is 2.27 bits per heavy atom. The maximum Gasteiger partial charge on any atom is 0.159 e. The van der Waals surface area contributed by atoms with E-state index in [9.17, 15) is 8.96 Å². The van der Waals surface area contributed by atoms with Gasteiger partial charge in [0.05, 0.1) is 0 Å². The first-order valence-corrected chi connectivity index (χ1v) is 10.7. The summed E-state index contributed by atoms with van der Waals surface area (Å²) in [6, 6.07) is 13.6. The van der Waals surface area contributed by atoms with E-state index in [4.69, 9.17) is 4.74 Å². The molecule has 0 aromatic heterocycles. The molecule has 0 amide bonds. The Bertz CT molecular complexity index is 825. The predicted octanol–water partition coefficient (Wildman–Crippen LogP) is 6.19. The average Bonchev–Trinajstić information content (AvgIpc) is 2.60. The lowest BCUT2D eigenvalue weighted by Crippen LogP contribution is -2.60. The molecule has 1 N–H and O–H groups in total. The monoisotopic (exact) mass is 375 g/mol. The van der Waals surface area contributed by atoms with Gasteiger partial charge in [-0.15, -0.1) is 0 Å². The highest BCUT2D eigenvalue weighted by Gasteiger charge is 2.67. The van der Waals surface area contributed by atoms with Gasteiger partial charge in [-0.2, -0.15) is 0 Å². The van der Waals surface area contributed by atoms with Crippen molar-refractivity contribution < 1.29 is 13.7 Å². The van der Waals surface area contributed by atoms with E-state index in [1.807, 2.05) is 24.3 Å². The van der Waals surface area contributed by atoms with E-state index in [0.717, 1.165) is 5.56 Å². The highest BCUT2D eigenvalue weighted by Crippen LogP contribution is 2.79. The van der Waals surface area contributed by atoms with Gasteiger partial charge in [-0.05, 0) is 47.9 Å². The quantitative estimate of drug-likeness (QED) is 0.633. The molecule has 2 aromatic rings. The van der Waals surface area contributed by atoms with Gasteiger partial charge in [0.25, 0.3) is 0 Å². The van der Waals surface area contributed by atoms with E-state index in [0.29, 0.717) is 24.0 Å². The van der Waals surface area contributed by atoms with Gasteiger partial charge in [-0.25, -0.2) is 4.39 Å². The molecule has 1 saturated heterocycles. The number of nitrogens with one attached hydrogen (secondary N) is 1. The van der Waals surface area contributed by atoms with Crippen LogP contribution in [0.5, 0.6) is 11.5 Å². The van der Waals surface area contributed by atoms with Crippen LogP contribution in [-0.2, 0) is 11.1 Å². The van der Waals surface area contributed by atoms with E-state index >= 15 is 0 Å². The molecule has 0 spiro atoms. The Morgan fingerprint density at radius 1 is 1.04 bits per heavy atom. The molecule has 0 atom stereocenters. The van der Waals surface area contributed by atoms with Gasteiger partial charge >= 0.3 is 0 Å². The van der Waals surface area contributed by atoms with Crippen molar-refractivity contribution in [2.45, 2.75) is 51.5 Å². The molecular weight excluding hydrogens is 348 g/mol. The van der Waals surface area contributed by atoms with Crippen molar-refractivity contribution in [2.24, 2.45) is 5.92 Å². The van der Waals surface area contributed by atoms with Crippen LogP contribution in [0.25, 0.3) is 0 Å². The largest absolute Gasteiger partial charge is 0.457 e. The Kier molecular flexibility index (Phi) is 4.79. The van der Waals surface area contributed by atoms with Crippen molar-refractivity contribution in [3.8, 4) is 11.5 Å². The van der Waals surface area contributed by atoms with Gasteiger partial charge in [0.15, 0.2) is 7.29 Å². The Labute approximate surface area is 155 Å². The number of halogens is 1. The minimum Gasteiger partial charge on any atom is -0.457 e. The van der Waals surface area contributed by atoms with Crippen LogP contribution in [-0.4, -0.2) is 10.3 Å². The van der Waals surface area contributed by atoms with Crippen molar-refractivity contribution in [2.75, 3.05) is 0 Å². The Morgan fingerprint density at radius 2 is 1.65 bits per heavy atom. The summed E-state index contributed by atoms with van der Waals surface area (Å²) in [5.41, 5.74) is 1.01. The number of hydrogen-bond acceptors (Lipinski definition) is 2. The molecular formula is C21H27FNO2P. The molecule has 1 heterocycles. The summed E-state index contributed by atoms with van der Waals surface area (Å²) in [4.78, 5) is 0. The van der Waals surface area contributed by atoms with E-state index < -0.39 is 7.29 Å². The lowest BCUT2D eigenvalue weighted by atomic mass is 9.83. The first-order valence-electron chi connectivity index (χ1n) is 8.96. The normalized spacial score (nSPS) is 26.2. The topological polar surface area (TPSA) is 38.3 Å². The summed E-state index contributed by atoms with van der Waals surface area (Å²) >= 11 is 0. The molecule has 3 nitrogen and oxygen atoms in total. The molecule has 2 aromatic carbocycles. The van der Waals surface area contributed by atoms with E-state index in [1.165, 1.54) is 12.1 Å². The Balaban J connectivity index is 1.72. The van der Waals surface area contributed by atoms with Crippen LogP contribution in [0.4, 0.5) is 4.39 Å². The summed E-state index contributed by atoms with van der Waals surface area (Å²) in [6.45, 7) is 11.1. The third kappa shape index (κ3) is 3.00. The summed E-state index contributed by atoms with van der Waals surface area (Å²) in [5.74, 6) is 1.36. The molecule has 140 valence electrons. The highest BCUT2D eigenvalue weighted by molar-refractivity contribution is 7.66. The zero-order valence-corrected chi connectivity index (χ0v) is 16.9. The fourth-order valence-corrected chi connectivity index (χ4v) is 8.29. The molecule has 1 aliphatic rings. The second kappa shape index (κ2) is 6.51. The molecule has 0 aliphatic carbocycles. The summed E-state index contributed by atoms with van der Waals surface area (Å²) in [6.07, 6.45) is 0. The van der Waals surface area contributed by atoms with Crippen molar-refractivity contribution in [3.63, 3.8) is 0 Å². The maximum absolute atomic E-state index is 13.6. The van der Waals surface area contributed by atoms with Crippen LogP contribution in [0, 0.1) is 11.7 Å². The van der Waals surface area contributed by atoms with Crippen molar-refractivity contribution in [3.05, 3.63) is 59.9 Å². The van der Waals surface area contributed by atoms with Crippen molar-refractivity contribution >= 4 is 7.29 Å². The van der Waals surface area contributed by atoms with Crippen LogP contribution in [0.2, 0.25) is 0 Å². The first-order chi connectivity index (χ1) is 12.1. The third-order valence-electron chi connectivity index (χ3n) is 6.20. The number of hydrogen-bond donors (Lipinski definition) is 1. The van der Waals surface area contributed by atoms with Gasteiger partial charge in [0, 0.05) is 16.9 Å². The van der Waals surface area contributed by atoms with E-state index in [1.54, 1.807) is 12.1 Å². The average molecular weight is 375 g/mol. The molecule has 3 rings (SSSR count). The van der Waals surface area contributed by atoms with Gasteiger partial charge in [0.2, 0.25) is 0 Å². The first kappa shape index (κ1) is 19.1. The van der Waals surface area contributed by atoms with Crippen LogP contribution >= 0.6 is 7.29 Å². The smallest absolute Gasteiger partial charge is 0.159 e. The van der Waals surface area contributed by atoms with Crippen LogP contribution < -0.4 is 9.82 Å². The zero-order valence-electron chi connectivity index (χ0n) is 16.0. The maximum atomic E-state index is 13.6. The van der Waals surface area contributed by atoms with Gasteiger partial charge in [-0.1, -0.05) is 46.8 Å². The molecule has 0 saturated carbocycles. The second-order valence-electron chi connectivity index (χ2n) is 8.18. The minimum absolute atomic E-state index is 0.210.